The summed E-state index contributed by atoms with van der Waals surface area (Å²) in [5.41, 5.74) is 0. The van der Waals surface area contributed by atoms with Crippen molar-refractivity contribution in [1.29, 1.82) is 0 Å². The van der Waals surface area contributed by atoms with E-state index in [9.17, 15) is 4.79 Å². The van der Waals surface area contributed by atoms with Gasteiger partial charge in [0.1, 0.15) is 0 Å². The summed E-state index contributed by atoms with van der Waals surface area (Å²) < 4.78 is 5.46. The molecule has 2 N–H and O–H groups in total. The van der Waals surface area contributed by atoms with Crippen LogP contribution in [0.1, 0.15) is 45.4 Å². The minimum atomic E-state index is 0.136. The van der Waals surface area contributed by atoms with Gasteiger partial charge in [0, 0.05) is 25.2 Å². The van der Waals surface area contributed by atoms with E-state index < -0.39 is 0 Å². The van der Waals surface area contributed by atoms with Crippen LogP contribution in [0.15, 0.2) is 0 Å². The Morgan fingerprint density at radius 1 is 1.35 bits per heavy atom. The lowest BCUT2D eigenvalue weighted by atomic mass is 9.99. The first-order chi connectivity index (χ1) is 8.24. The Bertz CT molecular complexity index is 252. The lowest BCUT2D eigenvalue weighted by molar-refractivity contribution is -0.123. The van der Waals surface area contributed by atoms with E-state index in [-0.39, 0.29) is 12.0 Å². The number of piperidine rings is 1. The van der Waals surface area contributed by atoms with Gasteiger partial charge in [-0.25, -0.2) is 0 Å². The number of amides is 1. The van der Waals surface area contributed by atoms with Crippen LogP contribution in [0, 0.1) is 0 Å². The molecule has 2 heterocycles. The highest BCUT2D eigenvalue weighted by Gasteiger charge is 2.21. The van der Waals surface area contributed by atoms with Crippen molar-refractivity contribution in [3.05, 3.63) is 0 Å². The number of nitrogens with one attached hydrogen (secondary N) is 2. The molecule has 2 fully saturated rings. The standard InChI is InChI=1S/C13H24N2O2/c1-10-4-2-5-11(15-10)9-14-13(16)8-12-6-3-7-17-12/h10-12,15H,2-9H2,1H3,(H,14,16). The van der Waals surface area contributed by atoms with Crippen molar-refractivity contribution in [3.8, 4) is 0 Å². The molecule has 4 nitrogen and oxygen atoms in total. The van der Waals surface area contributed by atoms with Crippen LogP contribution in [-0.4, -0.2) is 37.2 Å². The summed E-state index contributed by atoms with van der Waals surface area (Å²) in [5.74, 6) is 0.136. The average molecular weight is 240 g/mol. The Kier molecular flexibility index (Phi) is 4.80. The quantitative estimate of drug-likeness (QED) is 0.776. The highest BCUT2D eigenvalue weighted by Crippen LogP contribution is 2.15. The van der Waals surface area contributed by atoms with Crippen molar-refractivity contribution < 1.29 is 9.53 Å². The zero-order chi connectivity index (χ0) is 12.1. The Balaban J connectivity index is 1.61. The molecule has 1 amide bonds. The third-order valence-corrected chi connectivity index (χ3v) is 3.69. The first-order valence-electron chi connectivity index (χ1n) is 6.88. The molecule has 0 bridgehead atoms. The topological polar surface area (TPSA) is 50.4 Å². The fourth-order valence-electron chi connectivity index (χ4n) is 2.72. The first-order valence-corrected chi connectivity index (χ1v) is 6.88. The third kappa shape index (κ3) is 4.28. The average Bonchev–Trinajstić information content (AvgIpc) is 2.79. The number of carbonyl (C=O) groups excluding carboxylic acids is 1. The van der Waals surface area contributed by atoms with Crippen LogP contribution in [0.5, 0.6) is 0 Å². The van der Waals surface area contributed by atoms with Crippen molar-refractivity contribution in [1.82, 2.24) is 10.6 Å². The van der Waals surface area contributed by atoms with E-state index >= 15 is 0 Å². The molecule has 2 saturated heterocycles. The molecule has 0 aromatic rings. The normalized spacial score (nSPS) is 33.6. The number of ether oxygens (including phenoxy) is 1. The monoisotopic (exact) mass is 240 g/mol. The van der Waals surface area contributed by atoms with E-state index in [0.29, 0.717) is 18.5 Å². The van der Waals surface area contributed by atoms with Crippen LogP contribution in [0.2, 0.25) is 0 Å². The van der Waals surface area contributed by atoms with Crippen LogP contribution in [0.3, 0.4) is 0 Å². The molecule has 0 aromatic carbocycles. The Morgan fingerprint density at radius 3 is 2.94 bits per heavy atom. The Labute approximate surface area is 103 Å². The van der Waals surface area contributed by atoms with Crippen molar-refractivity contribution in [2.45, 2.75) is 63.6 Å². The summed E-state index contributed by atoms with van der Waals surface area (Å²) in [4.78, 5) is 11.7. The second kappa shape index (κ2) is 6.36. The third-order valence-electron chi connectivity index (χ3n) is 3.69. The highest BCUT2D eigenvalue weighted by atomic mass is 16.5. The molecule has 3 unspecified atom stereocenters. The smallest absolute Gasteiger partial charge is 0.222 e. The molecule has 0 aliphatic carbocycles. The van der Waals surface area contributed by atoms with Crippen LogP contribution in [0.4, 0.5) is 0 Å². The molecular weight excluding hydrogens is 216 g/mol. The fourth-order valence-corrected chi connectivity index (χ4v) is 2.72. The van der Waals surface area contributed by atoms with Crippen molar-refractivity contribution in [2.24, 2.45) is 0 Å². The summed E-state index contributed by atoms with van der Waals surface area (Å²) in [6.07, 6.45) is 6.51. The van der Waals surface area contributed by atoms with Crippen molar-refractivity contribution in [2.75, 3.05) is 13.2 Å². The van der Waals surface area contributed by atoms with Gasteiger partial charge in [0.05, 0.1) is 12.5 Å². The molecule has 2 rings (SSSR count). The molecule has 0 spiro atoms. The molecule has 17 heavy (non-hydrogen) atoms. The molecular formula is C13H24N2O2. The predicted molar refractivity (Wildman–Crippen MR) is 66.8 cm³/mol. The number of hydrogen-bond acceptors (Lipinski definition) is 3. The fraction of sp³-hybridized carbons (Fsp3) is 0.923. The highest BCUT2D eigenvalue weighted by molar-refractivity contribution is 5.76. The minimum absolute atomic E-state index is 0.136. The van der Waals surface area contributed by atoms with Gasteiger partial charge in [-0.3, -0.25) is 4.79 Å². The summed E-state index contributed by atoms with van der Waals surface area (Å²) >= 11 is 0. The van der Waals surface area contributed by atoms with Gasteiger partial charge in [-0.05, 0) is 32.6 Å². The molecule has 2 aliphatic heterocycles. The molecule has 0 aromatic heterocycles. The lowest BCUT2D eigenvalue weighted by Crippen LogP contribution is -2.47. The maximum Gasteiger partial charge on any atom is 0.222 e. The van der Waals surface area contributed by atoms with Gasteiger partial charge in [-0.15, -0.1) is 0 Å². The zero-order valence-electron chi connectivity index (χ0n) is 10.7. The zero-order valence-corrected chi connectivity index (χ0v) is 10.7. The van der Waals surface area contributed by atoms with E-state index in [4.69, 9.17) is 4.74 Å². The molecule has 0 saturated carbocycles. The SMILES string of the molecule is CC1CCCC(CNC(=O)CC2CCCO2)N1. The van der Waals surface area contributed by atoms with E-state index in [2.05, 4.69) is 17.6 Å². The van der Waals surface area contributed by atoms with E-state index in [1.165, 1.54) is 19.3 Å². The maximum atomic E-state index is 11.7. The van der Waals surface area contributed by atoms with Crippen LogP contribution in [0.25, 0.3) is 0 Å². The Hall–Kier alpha value is -0.610. The van der Waals surface area contributed by atoms with Gasteiger partial charge >= 0.3 is 0 Å². The van der Waals surface area contributed by atoms with Crippen LogP contribution < -0.4 is 10.6 Å². The lowest BCUT2D eigenvalue weighted by Gasteiger charge is -2.29. The minimum Gasteiger partial charge on any atom is -0.378 e. The van der Waals surface area contributed by atoms with Crippen molar-refractivity contribution in [3.63, 3.8) is 0 Å². The molecule has 4 heteroatoms. The number of hydrogen-bond donors (Lipinski definition) is 2. The number of rotatable bonds is 4. The summed E-state index contributed by atoms with van der Waals surface area (Å²) in [7, 11) is 0. The van der Waals surface area contributed by atoms with Crippen LogP contribution >= 0.6 is 0 Å². The van der Waals surface area contributed by atoms with Gasteiger partial charge in [-0.1, -0.05) is 6.42 Å². The van der Waals surface area contributed by atoms with E-state index in [0.717, 1.165) is 26.0 Å². The molecule has 0 radical (unpaired) electrons. The van der Waals surface area contributed by atoms with Gasteiger partial charge in [0.2, 0.25) is 5.91 Å². The Morgan fingerprint density at radius 2 is 2.24 bits per heavy atom. The van der Waals surface area contributed by atoms with Gasteiger partial charge < -0.3 is 15.4 Å². The van der Waals surface area contributed by atoms with Crippen LogP contribution in [-0.2, 0) is 9.53 Å². The van der Waals surface area contributed by atoms with Gasteiger partial charge in [0.25, 0.3) is 0 Å². The van der Waals surface area contributed by atoms with Crippen molar-refractivity contribution >= 4 is 5.91 Å². The van der Waals surface area contributed by atoms with E-state index in [1.54, 1.807) is 0 Å². The first kappa shape index (κ1) is 12.8. The summed E-state index contributed by atoms with van der Waals surface area (Å²) in [6, 6.07) is 1.04. The largest absolute Gasteiger partial charge is 0.378 e. The van der Waals surface area contributed by atoms with Gasteiger partial charge in [0.15, 0.2) is 0 Å². The maximum absolute atomic E-state index is 11.7. The predicted octanol–water partition coefficient (Wildman–Crippen LogP) is 1.20. The summed E-state index contributed by atoms with van der Waals surface area (Å²) in [5, 5.41) is 6.54. The molecule has 2 aliphatic rings. The molecule has 98 valence electrons. The summed E-state index contributed by atoms with van der Waals surface area (Å²) in [6.45, 7) is 3.79. The number of carbonyl (C=O) groups is 1. The van der Waals surface area contributed by atoms with Gasteiger partial charge in [-0.2, -0.15) is 0 Å². The second-order valence-electron chi connectivity index (χ2n) is 5.34. The molecule has 3 atom stereocenters. The van der Waals surface area contributed by atoms with E-state index in [1.807, 2.05) is 0 Å². The second-order valence-corrected chi connectivity index (χ2v) is 5.34.